The summed E-state index contributed by atoms with van der Waals surface area (Å²) in [4.78, 5) is 16.3. The van der Waals surface area contributed by atoms with Crippen molar-refractivity contribution >= 4 is 32.2 Å². The Morgan fingerprint density at radius 2 is 2.09 bits per heavy atom. The molecule has 1 aromatic heterocycles. The second kappa shape index (κ2) is 7.10. The molecular formula is C15H18N2O4S2. The highest BCUT2D eigenvalue weighted by Crippen LogP contribution is 2.32. The normalized spacial score (nSPS) is 12.7. The fourth-order valence-corrected chi connectivity index (χ4v) is 2.98. The van der Waals surface area contributed by atoms with Crippen LogP contribution in [0.1, 0.15) is 13.8 Å². The van der Waals surface area contributed by atoms with Crippen LogP contribution in [0, 0.1) is 0 Å². The maximum absolute atomic E-state index is 11.9. The smallest absolute Gasteiger partial charge is 0.244 e. The number of sulfone groups is 1. The highest BCUT2D eigenvalue weighted by molar-refractivity contribution is 7.92. The number of amides is 1. The molecule has 0 aliphatic rings. The van der Waals surface area contributed by atoms with Gasteiger partial charge in [-0.3, -0.25) is 4.79 Å². The van der Waals surface area contributed by atoms with Crippen LogP contribution in [0.5, 0.6) is 5.75 Å². The number of nitrogens with one attached hydrogen (secondary N) is 1. The molecule has 0 saturated heterocycles. The minimum absolute atomic E-state index is 0.354. The minimum Gasteiger partial charge on any atom is -0.493 e. The predicted octanol–water partition coefficient (Wildman–Crippen LogP) is 2.58. The molecule has 0 aliphatic heterocycles. The van der Waals surface area contributed by atoms with Gasteiger partial charge in [0.1, 0.15) is 11.0 Å². The summed E-state index contributed by atoms with van der Waals surface area (Å²) in [5, 5.41) is 3.56. The van der Waals surface area contributed by atoms with Crippen molar-refractivity contribution in [2.75, 3.05) is 18.2 Å². The van der Waals surface area contributed by atoms with E-state index in [1.807, 2.05) is 31.2 Å². The van der Waals surface area contributed by atoms with Crippen LogP contribution in [0.3, 0.4) is 0 Å². The first-order chi connectivity index (χ1) is 10.8. The van der Waals surface area contributed by atoms with Crippen LogP contribution in [-0.4, -0.2) is 37.4 Å². The monoisotopic (exact) mass is 354 g/mol. The van der Waals surface area contributed by atoms with Gasteiger partial charge in [0.15, 0.2) is 15.0 Å². The Labute approximate surface area is 139 Å². The molecule has 1 N–H and O–H groups in total. The topological polar surface area (TPSA) is 85.4 Å². The van der Waals surface area contributed by atoms with Crippen LogP contribution in [0.15, 0.2) is 29.6 Å². The molecule has 23 heavy (non-hydrogen) atoms. The van der Waals surface area contributed by atoms with Crippen LogP contribution >= 0.6 is 11.3 Å². The zero-order chi connectivity index (χ0) is 17.0. The van der Waals surface area contributed by atoms with E-state index in [9.17, 15) is 13.2 Å². The third-order valence-corrected chi connectivity index (χ3v) is 5.46. The molecular weight excluding hydrogens is 336 g/mol. The minimum atomic E-state index is -3.44. The number of benzene rings is 1. The van der Waals surface area contributed by atoms with Crippen LogP contribution in [-0.2, 0) is 14.6 Å². The summed E-state index contributed by atoms with van der Waals surface area (Å²) in [6.45, 7) is 3.79. The number of hydrogen-bond donors (Lipinski definition) is 1. The van der Waals surface area contributed by atoms with Gasteiger partial charge in [-0.2, -0.15) is 0 Å². The zero-order valence-corrected chi connectivity index (χ0v) is 14.7. The van der Waals surface area contributed by atoms with Crippen molar-refractivity contribution in [2.24, 2.45) is 0 Å². The average Bonchev–Trinajstić information content (AvgIpc) is 2.94. The average molecular weight is 354 g/mol. The SMILES string of the molecule is CCOc1ccccc1-c1csc(NC(=O)[C@@H](C)S(C)(=O)=O)n1. The van der Waals surface area contributed by atoms with E-state index in [4.69, 9.17) is 4.74 Å². The van der Waals surface area contributed by atoms with E-state index in [1.54, 1.807) is 5.38 Å². The summed E-state index contributed by atoms with van der Waals surface area (Å²) < 4.78 is 28.4. The molecule has 0 unspecified atom stereocenters. The first kappa shape index (κ1) is 17.4. The molecule has 8 heteroatoms. The second-order valence-electron chi connectivity index (χ2n) is 4.93. The van der Waals surface area contributed by atoms with Crippen LogP contribution < -0.4 is 10.1 Å². The van der Waals surface area contributed by atoms with Gasteiger partial charge in [-0.25, -0.2) is 13.4 Å². The lowest BCUT2D eigenvalue weighted by atomic mass is 10.1. The predicted molar refractivity (Wildman–Crippen MR) is 91.7 cm³/mol. The van der Waals surface area contributed by atoms with Gasteiger partial charge in [0.2, 0.25) is 5.91 Å². The quantitative estimate of drug-likeness (QED) is 0.862. The van der Waals surface area contributed by atoms with E-state index in [1.165, 1.54) is 18.3 Å². The Bertz CT molecular complexity index is 799. The summed E-state index contributed by atoms with van der Waals surface area (Å²) in [6.07, 6.45) is 1.03. The first-order valence-electron chi connectivity index (χ1n) is 7.00. The lowest BCUT2D eigenvalue weighted by Gasteiger charge is -2.08. The van der Waals surface area contributed by atoms with Gasteiger partial charge < -0.3 is 10.1 Å². The van der Waals surface area contributed by atoms with Gasteiger partial charge in [0.05, 0.1) is 12.3 Å². The third kappa shape index (κ3) is 4.29. The first-order valence-corrected chi connectivity index (χ1v) is 9.83. The van der Waals surface area contributed by atoms with Crippen molar-refractivity contribution in [3.8, 4) is 17.0 Å². The highest BCUT2D eigenvalue weighted by Gasteiger charge is 2.24. The number of para-hydroxylation sites is 1. The molecule has 0 fully saturated rings. The van der Waals surface area contributed by atoms with Crippen LogP contribution in [0.4, 0.5) is 5.13 Å². The number of thiazole rings is 1. The van der Waals surface area contributed by atoms with E-state index >= 15 is 0 Å². The van der Waals surface area contributed by atoms with Crippen molar-refractivity contribution < 1.29 is 17.9 Å². The van der Waals surface area contributed by atoms with Gasteiger partial charge >= 0.3 is 0 Å². The van der Waals surface area contributed by atoms with Crippen molar-refractivity contribution in [3.05, 3.63) is 29.6 Å². The summed E-state index contributed by atoms with van der Waals surface area (Å²) in [5.41, 5.74) is 1.49. The van der Waals surface area contributed by atoms with Crippen molar-refractivity contribution in [3.63, 3.8) is 0 Å². The zero-order valence-electron chi connectivity index (χ0n) is 13.1. The summed E-state index contributed by atoms with van der Waals surface area (Å²) >= 11 is 1.23. The Morgan fingerprint density at radius 1 is 1.39 bits per heavy atom. The fraction of sp³-hybridized carbons (Fsp3) is 0.333. The Hall–Kier alpha value is -1.93. The van der Waals surface area contributed by atoms with E-state index in [0.29, 0.717) is 23.2 Å². The summed E-state index contributed by atoms with van der Waals surface area (Å²) in [6, 6.07) is 7.48. The largest absolute Gasteiger partial charge is 0.493 e. The molecule has 6 nitrogen and oxygen atoms in total. The summed E-state index contributed by atoms with van der Waals surface area (Å²) in [7, 11) is -3.44. The lowest BCUT2D eigenvalue weighted by molar-refractivity contribution is -0.115. The highest BCUT2D eigenvalue weighted by atomic mass is 32.2. The molecule has 1 atom stereocenters. The Kier molecular flexibility index (Phi) is 5.38. The third-order valence-electron chi connectivity index (χ3n) is 3.21. The number of rotatable bonds is 6. The lowest BCUT2D eigenvalue weighted by Crippen LogP contribution is -2.31. The second-order valence-corrected chi connectivity index (χ2v) is 8.15. The van der Waals surface area contributed by atoms with Gasteiger partial charge in [0, 0.05) is 17.2 Å². The van der Waals surface area contributed by atoms with Gasteiger partial charge in [-0.15, -0.1) is 11.3 Å². The standard InChI is InChI=1S/C15H18N2O4S2/c1-4-21-13-8-6-5-7-11(13)12-9-22-15(16-12)17-14(18)10(2)23(3,19)20/h5-10H,4H2,1-3H3,(H,16,17,18)/t10-/m1/s1. The van der Waals surface area contributed by atoms with Gasteiger partial charge in [-0.1, -0.05) is 12.1 Å². The number of hydrogen-bond acceptors (Lipinski definition) is 6. The Morgan fingerprint density at radius 3 is 2.74 bits per heavy atom. The molecule has 2 rings (SSSR count). The van der Waals surface area contributed by atoms with Crippen LogP contribution in [0.2, 0.25) is 0 Å². The van der Waals surface area contributed by atoms with E-state index in [2.05, 4.69) is 10.3 Å². The number of carbonyl (C=O) groups is 1. The van der Waals surface area contributed by atoms with Gasteiger partial charge in [0.25, 0.3) is 0 Å². The van der Waals surface area contributed by atoms with Crippen molar-refractivity contribution in [1.82, 2.24) is 4.98 Å². The van der Waals surface area contributed by atoms with Crippen molar-refractivity contribution in [2.45, 2.75) is 19.1 Å². The molecule has 124 valence electrons. The molecule has 0 bridgehead atoms. The fourth-order valence-electron chi connectivity index (χ4n) is 1.82. The van der Waals surface area contributed by atoms with Crippen molar-refractivity contribution in [1.29, 1.82) is 0 Å². The molecule has 1 amide bonds. The number of aromatic nitrogens is 1. The number of nitrogens with zero attached hydrogens (tertiary/aromatic N) is 1. The number of ether oxygens (including phenoxy) is 1. The van der Waals surface area contributed by atoms with Gasteiger partial charge in [-0.05, 0) is 26.0 Å². The van der Waals surface area contributed by atoms with E-state index < -0.39 is 21.0 Å². The molecule has 1 aromatic carbocycles. The van der Waals surface area contributed by atoms with E-state index in [0.717, 1.165) is 11.8 Å². The maximum Gasteiger partial charge on any atom is 0.244 e. The molecule has 2 aromatic rings. The molecule has 1 heterocycles. The number of carbonyl (C=O) groups excluding carboxylic acids is 1. The molecule has 0 radical (unpaired) electrons. The molecule has 0 saturated carbocycles. The summed E-state index contributed by atoms with van der Waals surface area (Å²) in [5.74, 6) is 0.120. The Balaban J connectivity index is 2.20. The maximum atomic E-state index is 11.9. The molecule has 0 spiro atoms. The number of anilines is 1. The molecule has 0 aliphatic carbocycles. The van der Waals surface area contributed by atoms with Crippen LogP contribution in [0.25, 0.3) is 11.3 Å². The van der Waals surface area contributed by atoms with E-state index in [-0.39, 0.29) is 0 Å².